The highest BCUT2D eigenvalue weighted by molar-refractivity contribution is 5.63. The van der Waals surface area contributed by atoms with Crippen molar-refractivity contribution in [3.63, 3.8) is 0 Å². The van der Waals surface area contributed by atoms with Crippen molar-refractivity contribution in [1.82, 2.24) is 19.3 Å². The SMILES string of the molecule is CN1CCC[C@H]1c1ccnc2ncc(-c3ccc(F)cc3)n12. The molecule has 1 aliphatic heterocycles. The summed E-state index contributed by atoms with van der Waals surface area (Å²) in [6.45, 7) is 1.11. The molecule has 3 aromatic rings. The van der Waals surface area contributed by atoms with Crippen molar-refractivity contribution in [2.75, 3.05) is 13.6 Å². The van der Waals surface area contributed by atoms with Crippen LogP contribution in [0.4, 0.5) is 4.39 Å². The molecule has 0 saturated carbocycles. The summed E-state index contributed by atoms with van der Waals surface area (Å²) in [6, 6.07) is 8.97. The van der Waals surface area contributed by atoms with Crippen LogP contribution in [0, 0.1) is 5.82 Å². The summed E-state index contributed by atoms with van der Waals surface area (Å²) in [5, 5.41) is 0. The molecule has 5 heteroatoms. The van der Waals surface area contributed by atoms with Gasteiger partial charge in [-0.25, -0.2) is 14.4 Å². The van der Waals surface area contributed by atoms with Gasteiger partial charge in [0.15, 0.2) is 0 Å². The van der Waals surface area contributed by atoms with Gasteiger partial charge in [-0.3, -0.25) is 9.30 Å². The van der Waals surface area contributed by atoms with Gasteiger partial charge < -0.3 is 0 Å². The molecular weight excluding hydrogens is 279 g/mol. The van der Waals surface area contributed by atoms with Crippen LogP contribution in [0.1, 0.15) is 24.6 Å². The highest BCUT2D eigenvalue weighted by Crippen LogP contribution is 2.32. The monoisotopic (exact) mass is 296 g/mol. The van der Waals surface area contributed by atoms with Crippen LogP contribution < -0.4 is 0 Å². The van der Waals surface area contributed by atoms with E-state index in [4.69, 9.17) is 0 Å². The third-order valence-corrected chi connectivity index (χ3v) is 4.44. The van der Waals surface area contributed by atoms with Crippen molar-refractivity contribution in [3.05, 3.63) is 54.2 Å². The molecule has 0 amide bonds. The summed E-state index contributed by atoms with van der Waals surface area (Å²) in [5.74, 6) is 0.462. The molecule has 4 rings (SSSR count). The third-order valence-electron chi connectivity index (χ3n) is 4.44. The standard InChI is InChI=1S/C17H17FN4/c1-21-10-2-3-14(21)15-8-9-19-17-20-11-16(22(15)17)12-4-6-13(18)7-5-12/h4-9,11,14H,2-3,10H2,1H3/t14-/m0/s1. The van der Waals surface area contributed by atoms with Crippen molar-refractivity contribution in [2.45, 2.75) is 18.9 Å². The molecule has 112 valence electrons. The summed E-state index contributed by atoms with van der Waals surface area (Å²) in [7, 11) is 2.15. The Morgan fingerprint density at radius 2 is 1.95 bits per heavy atom. The minimum absolute atomic E-state index is 0.230. The minimum Gasteiger partial charge on any atom is -0.298 e. The van der Waals surface area contributed by atoms with E-state index in [1.54, 1.807) is 12.1 Å². The summed E-state index contributed by atoms with van der Waals surface area (Å²) >= 11 is 0. The first-order chi connectivity index (χ1) is 10.7. The maximum absolute atomic E-state index is 13.2. The van der Waals surface area contributed by atoms with Crippen molar-refractivity contribution >= 4 is 5.78 Å². The first kappa shape index (κ1) is 13.4. The lowest BCUT2D eigenvalue weighted by Gasteiger charge is -2.21. The Morgan fingerprint density at radius 3 is 2.68 bits per heavy atom. The maximum Gasteiger partial charge on any atom is 0.234 e. The zero-order valence-electron chi connectivity index (χ0n) is 12.4. The number of likely N-dealkylation sites (tertiary alicyclic amines) is 1. The predicted molar refractivity (Wildman–Crippen MR) is 83.0 cm³/mol. The third kappa shape index (κ3) is 2.09. The van der Waals surface area contributed by atoms with Gasteiger partial charge in [0.05, 0.1) is 17.9 Å². The number of aromatic nitrogens is 3. The second kappa shape index (κ2) is 5.18. The van der Waals surface area contributed by atoms with Gasteiger partial charge >= 0.3 is 0 Å². The number of hydrogen-bond acceptors (Lipinski definition) is 3. The van der Waals surface area contributed by atoms with Gasteiger partial charge in [-0.15, -0.1) is 0 Å². The van der Waals surface area contributed by atoms with E-state index in [1.165, 1.54) is 24.2 Å². The Bertz CT molecular complexity index is 809. The molecular formula is C17H17FN4. The van der Waals surface area contributed by atoms with E-state index in [-0.39, 0.29) is 5.82 Å². The number of benzene rings is 1. The van der Waals surface area contributed by atoms with Gasteiger partial charge in [0.2, 0.25) is 5.78 Å². The first-order valence-electron chi connectivity index (χ1n) is 7.52. The van der Waals surface area contributed by atoms with E-state index in [9.17, 15) is 4.39 Å². The molecule has 3 heterocycles. The van der Waals surface area contributed by atoms with Crippen molar-refractivity contribution in [1.29, 1.82) is 0 Å². The molecule has 0 unspecified atom stereocenters. The summed E-state index contributed by atoms with van der Waals surface area (Å²) < 4.78 is 15.3. The largest absolute Gasteiger partial charge is 0.298 e. The minimum atomic E-state index is -0.230. The molecule has 22 heavy (non-hydrogen) atoms. The van der Waals surface area contributed by atoms with E-state index in [2.05, 4.69) is 32.4 Å². The Kier molecular flexibility index (Phi) is 3.15. The van der Waals surface area contributed by atoms with Gasteiger partial charge in [0.25, 0.3) is 0 Å². The molecule has 1 saturated heterocycles. The van der Waals surface area contributed by atoms with Gasteiger partial charge in [-0.1, -0.05) is 0 Å². The number of nitrogens with zero attached hydrogens (tertiary/aromatic N) is 4. The number of rotatable bonds is 2. The predicted octanol–water partition coefficient (Wildman–Crippen LogP) is 3.30. The normalized spacial score (nSPS) is 19.1. The van der Waals surface area contributed by atoms with Crippen LogP contribution in [0.3, 0.4) is 0 Å². The van der Waals surface area contributed by atoms with E-state index in [1.807, 2.05) is 12.4 Å². The average Bonchev–Trinajstić information content (AvgIpc) is 3.14. The zero-order chi connectivity index (χ0) is 15.1. The summed E-state index contributed by atoms with van der Waals surface area (Å²) in [4.78, 5) is 11.1. The zero-order valence-corrected chi connectivity index (χ0v) is 12.4. The molecule has 1 aromatic carbocycles. The fraction of sp³-hybridized carbons (Fsp3) is 0.294. The first-order valence-corrected chi connectivity index (χ1v) is 7.52. The molecule has 0 radical (unpaired) electrons. The van der Waals surface area contributed by atoms with Crippen LogP contribution >= 0.6 is 0 Å². The Morgan fingerprint density at radius 1 is 1.14 bits per heavy atom. The molecule has 0 spiro atoms. The van der Waals surface area contributed by atoms with Gasteiger partial charge in [-0.2, -0.15) is 0 Å². The Balaban J connectivity index is 1.91. The lowest BCUT2D eigenvalue weighted by molar-refractivity contribution is 0.310. The smallest absolute Gasteiger partial charge is 0.234 e. The van der Waals surface area contributed by atoms with Gasteiger partial charge in [0, 0.05) is 17.5 Å². The van der Waals surface area contributed by atoms with Crippen molar-refractivity contribution in [3.8, 4) is 11.3 Å². The molecule has 4 nitrogen and oxygen atoms in total. The fourth-order valence-corrected chi connectivity index (χ4v) is 3.31. The fourth-order valence-electron chi connectivity index (χ4n) is 3.31. The number of hydrogen-bond donors (Lipinski definition) is 0. The second-order valence-electron chi connectivity index (χ2n) is 5.79. The van der Waals surface area contributed by atoms with E-state index in [0.717, 1.165) is 24.2 Å². The quantitative estimate of drug-likeness (QED) is 0.727. The van der Waals surface area contributed by atoms with Gasteiger partial charge in [0.1, 0.15) is 5.82 Å². The topological polar surface area (TPSA) is 33.4 Å². The molecule has 2 aromatic heterocycles. The Labute approximate surface area is 128 Å². The maximum atomic E-state index is 13.2. The molecule has 1 aliphatic rings. The Hall–Kier alpha value is -2.27. The lowest BCUT2D eigenvalue weighted by Crippen LogP contribution is -2.20. The van der Waals surface area contributed by atoms with E-state index in [0.29, 0.717) is 11.8 Å². The number of imidazole rings is 1. The van der Waals surface area contributed by atoms with Gasteiger partial charge in [-0.05, 0) is 56.8 Å². The molecule has 1 fully saturated rings. The molecule has 0 N–H and O–H groups in total. The van der Waals surface area contributed by atoms with E-state index < -0.39 is 0 Å². The molecule has 0 bridgehead atoms. The van der Waals surface area contributed by atoms with E-state index >= 15 is 0 Å². The molecule has 1 atom stereocenters. The molecule has 0 aliphatic carbocycles. The van der Waals surface area contributed by atoms with Crippen LogP contribution in [-0.4, -0.2) is 32.9 Å². The van der Waals surface area contributed by atoms with Crippen LogP contribution in [0.15, 0.2) is 42.7 Å². The second-order valence-corrected chi connectivity index (χ2v) is 5.79. The number of fused-ring (bicyclic) bond motifs is 1. The van der Waals surface area contributed by atoms with Crippen LogP contribution in [0.2, 0.25) is 0 Å². The van der Waals surface area contributed by atoms with Crippen molar-refractivity contribution in [2.24, 2.45) is 0 Å². The average molecular weight is 296 g/mol. The van der Waals surface area contributed by atoms with Crippen molar-refractivity contribution < 1.29 is 4.39 Å². The lowest BCUT2D eigenvalue weighted by atomic mass is 10.1. The summed E-state index contributed by atoms with van der Waals surface area (Å²) in [5.41, 5.74) is 3.10. The highest BCUT2D eigenvalue weighted by atomic mass is 19.1. The van der Waals surface area contributed by atoms with Crippen LogP contribution in [0.25, 0.3) is 17.0 Å². The van der Waals surface area contributed by atoms with Crippen LogP contribution in [0.5, 0.6) is 0 Å². The van der Waals surface area contributed by atoms with Crippen LogP contribution in [-0.2, 0) is 0 Å². The number of halogens is 1. The summed E-state index contributed by atoms with van der Waals surface area (Å²) in [6.07, 6.45) is 5.97. The highest BCUT2D eigenvalue weighted by Gasteiger charge is 2.25.